The molecule has 0 aliphatic carbocycles. The predicted molar refractivity (Wildman–Crippen MR) is 102 cm³/mol. The van der Waals surface area contributed by atoms with Crippen molar-refractivity contribution in [2.75, 3.05) is 29.1 Å². The Morgan fingerprint density at radius 1 is 1.12 bits per heavy atom. The van der Waals surface area contributed by atoms with Crippen LogP contribution in [0, 0.1) is 5.82 Å². The van der Waals surface area contributed by atoms with E-state index in [0.29, 0.717) is 12.2 Å². The number of anilines is 3. The van der Waals surface area contributed by atoms with Crippen molar-refractivity contribution in [3.05, 3.63) is 54.3 Å². The van der Waals surface area contributed by atoms with Crippen molar-refractivity contribution in [1.29, 1.82) is 0 Å². The molecule has 2 rings (SSSR count). The van der Waals surface area contributed by atoms with Crippen LogP contribution in [0.4, 0.5) is 26.2 Å². The molecule has 26 heavy (non-hydrogen) atoms. The minimum absolute atomic E-state index is 0.0208. The van der Waals surface area contributed by atoms with Gasteiger partial charge in [-0.25, -0.2) is 9.18 Å². The molecule has 2 aromatic carbocycles. The molecule has 3 N–H and O–H groups in total. The highest BCUT2D eigenvalue weighted by Crippen LogP contribution is 2.19. The van der Waals surface area contributed by atoms with E-state index in [1.54, 1.807) is 0 Å². The summed E-state index contributed by atoms with van der Waals surface area (Å²) < 4.78 is 13.6. The summed E-state index contributed by atoms with van der Waals surface area (Å²) in [5, 5.41) is 7.79. The standard InChI is InChI=1S/C19H23FN4O2/c1-13(24(3)16-7-5-4-6-8-16)12-21-19(26)23-15-9-10-17(20)18(11-15)22-14(2)25/h4-11,13H,12H2,1-3H3,(H,22,25)(H2,21,23,26)/t13-/m0/s1. The number of nitrogens with one attached hydrogen (secondary N) is 3. The van der Waals surface area contributed by atoms with Gasteiger partial charge < -0.3 is 20.9 Å². The average Bonchev–Trinajstić information content (AvgIpc) is 2.62. The largest absolute Gasteiger partial charge is 0.370 e. The zero-order valence-corrected chi connectivity index (χ0v) is 15.0. The first-order valence-corrected chi connectivity index (χ1v) is 8.26. The van der Waals surface area contributed by atoms with E-state index in [1.165, 1.54) is 25.1 Å². The van der Waals surface area contributed by atoms with Crippen molar-refractivity contribution in [3.63, 3.8) is 0 Å². The Hall–Kier alpha value is -3.09. The summed E-state index contributed by atoms with van der Waals surface area (Å²) in [7, 11) is 1.96. The number of hydrogen-bond acceptors (Lipinski definition) is 3. The molecule has 3 amide bonds. The highest BCUT2D eigenvalue weighted by molar-refractivity contribution is 5.92. The maximum Gasteiger partial charge on any atom is 0.319 e. The molecule has 0 spiro atoms. The van der Waals surface area contributed by atoms with Crippen molar-refractivity contribution in [2.45, 2.75) is 19.9 Å². The minimum Gasteiger partial charge on any atom is -0.370 e. The van der Waals surface area contributed by atoms with Gasteiger partial charge in [0.05, 0.1) is 5.69 Å². The van der Waals surface area contributed by atoms with Gasteiger partial charge in [-0.3, -0.25) is 4.79 Å². The van der Waals surface area contributed by atoms with E-state index >= 15 is 0 Å². The van der Waals surface area contributed by atoms with Crippen LogP contribution in [0.1, 0.15) is 13.8 Å². The van der Waals surface area contributed by atoms with Gasteiger partial charge in [0.25, 0.3) is 0 Å². The minimum atomic E-state index is -0.565. The molecule has 0 radical (unpaired) electrons. The Bertz CT molecular complexity index is 767. The van der Waals surface area contributed by atoms with Crippen molar-refractivity contribution in [1.82, 2.24) is 5.32 Å². The summed E-state index contributed by atoms with van der Waals surface area (Å²) in [5.41, 5.74) is 1.46. The molecule has 0 bridgehead atoms. The Kier molecular flexibility index (Phi) is 6.54. The summed E-state index contributed by atoms with van der Waals surface area (Å²) in [6.07, 6.45) is 0. The molecule has 0 aromatic heterocycles. The van der Waals surface area contributed by atoms with Gasteiger partial charge in [0, 0.05) is 37.9 Å². The van der Waals surface area contributed by atoms with E-state index < -0.39 is 11.8 Å². The van der Waals surface area contributed by atoms with Gasteiger partial charge >= 0.3 is 6.03 Å². The lowest BCUT2D eigenvalue weighted by molar-refractivity contribution is -0.114. The number of amides is 3. The van der Waals surface area contributed by atoms with Crippen LogP contribution in [0.3, 0.4) is 0 Å². The molecule has 0 fully saturated rings. The summed E-state index contributed by atoms with van der Waals surface area (Å²) in [6, 6.07) is 13.5. The molecule has 0 saturated heterocycles. The first kappa shape index (κ1) is 19.2. The Balaban J connectivity index is 1.89. The summed E-state index contributed by atoms with van der Waals surface area (Å²) in [4.78, 5) is 25.2. The van der Waals surface area contributed by atoms with Crippen LogP contribution in [-0.4, -0.2) is 31.6 Å². The van der Waals surface area contributed by atoms with Crippen molar-refractivity contribution < 1.29 is 14.0 Å². The fourth-order valence-electron chi connectivity index (χ4n) is 2.36. The molecule has 0 aliphatic rings. The predicted octanol–water partition coefficient (Wildman–Crippen LogP) is 3.43. The molecule has 6 nitrogen and oxygen atoms in total. The summed E-state index contributed by atoms with van der Waals surface area (Å²) in [5.74, 6) is -0.951. The van der Waals surface area contributed by atoms with E-state index in [4.69, 9.17) is 0 Å². The molecular weight excluding hydrogens is 335 g/mol. The number of nitrogens with zero attached hydrogens (tertiary/aromatic N) is 1. The fraction of sp³-hybridized carbons (Fsp3) is 0.263. The highest BCUT2D eigenvalue weighted by atomic mass is 19.1. The number of urea groups is 1. The maximum absolute atomic E-state index is 13.6. The van der Waals surface area contributed by atoms with Crippen molar-refractivity contribution >= 4 is 29.0 Å². The van der Waals surface area contributed by atoms with Gasteiger partial charge in [-0.1, -0.05) is 18.2 Å². The molecule has 0 unspecified atom stereocenters. The van der Waals surface area contributed by atoms with E-state index in [-0.39, 0.29) is 17.6 Å². The van der Waals surface area contributed by atoms with Crippen LogP contribution in [0.5, 0.6) is 0 Å². The zero-order chi connectivity index (χ0) is 19.1. The first-order chi connectivity index (χ1) is 12.4. The number of likely N-dealkylation sites (N-methyl/N-ethyl adjacent to an activating group) is 1. The van der Waals surface area contributed by atoms with Gasteiger partial charge in [0.1, 0.15) is 5.82 Å². The molecule has 1 atom stereocenters. The first-order valence-electron chi connectivity index (χ1n) is 8.26. The fourth-order valence-corrected chi connectivity index (χ4v) is 2.36. The second-order valence-corrected chi connectivity index (χ2v) is 6.01. The quantitative estimate of drug-likeness (QED) is 0.741. The maximum atomic E-state index is 13.6. The Morgan fingerprint density at radius 2 is 1.81 bits per heavy atom. The third kappa shape index (κ3) is 5.47. The van der Waals surface area contributed by atoms with Gasteiger partial charge in [-0.2, -0.15) is 0 Å². The third-order valence-corrected chi connectivity index (χ3v) is 3.92. The number of para-hydroxylation sites is 1. The van der Waals surface area contributed by atoms with E-state index in [2.05, 4.69) is 20.9 Å². The number of hydrogen-bond donors (Lipinski definition) is 3. The van der Waals surface area contributed by atoms with Crippen LogP contribution in [0.25, 0.3) is 0 Å². The van der Waals surface area contributed by atoms with Crippen LogP contribution in [0.2, 0.25) is 0 Å². The lowest BCUT2D eigenvalue weighted by Crippen LogP contribution is -2.41. The van der Waals surface area contributed by atoms with Gasteiger partial charge in [-0.15, -0.1) is 0 Å². The van der Waals surface area contributed by atoms with Crippen molar-refractivity contribution in [3.8, 4) is 0 Å². The van der Waals surface area contributed by atoms with Gasteiger partial charge in [0.15, 0.2) is 0 Å². The Morgan fingerprint density at radius 3 is 2.46 bits per heavy atom. The van der Waals surface area contributed by atoms with E-state index in [0.717, 1.165) is 5.69 Å². The summed E-state index contributed by atoms with van der Waals surface area (Å²) in [6.45, 7) is 3.72. The normalized spacial score (nSPS) is 11.4. The highest BCUT2D eigenvalue weighted by Gasteiger charge is 2.12. The zero-order valence-electron chi connectivity index (χ0n) is 15.0. The number of carbonyl (C=O) groups is 2. The van der Waals surface area contributed by atoms with E-state index in [1.807, 2.05) is 44.3 Å². The van der Waals surface area contributed by atoms with Crippen LogP contribution in [-0.2, 0) is 4.79 Å². The second kappa shape index (κ2) is 8.84. The molecule has 7 heteroatoms. The van der Waals surface area contributed by atoms with Crippen LogP contribution >= 0.6 is 0 Å². The number of halogens is 1. The second-order valence-electron chi connectivity index (χ2n) is 6.01. The van der Waals surface area contributed by atoms with Gasteiger partial charge in [0.2, 0.25) is 5.91 Å². The smallest absolute Gasteiger partial charge is 0.319 e. The molecule has 138 valence electrons. The van der Waals surface area contributed by atoms with Crippen molar-refractivity contribution in [2.24, 2.45) is 0 Å². The lowest BCUT2D eigenvalue weighted by atomic mass is 10.2. The van der Waals surface area contributed by atoms with Crippen LogP contribution < -0.4 is 20.9 Å². The third-order valence-electron chi connectivity index (χ3n) is 3.92. The average molecular weight is 358 g/mol. The molecule has 2 aromatic rings. The lowest BCUT2D eigenvalue weighted by Gasteiger charge is -2.27. The molecular formula is C19H23FN4O2. The molecule has 0 saturated carbocycles. The topological polar surface area (TPSA) is 73.5 Å². The summed E-state index contributed by atoms with van der Waals surface area (Å²) >= 11 is 0. The van der Waals surface area contributed by atoms with Crippen LogP contribution in [0.15, 0.2) is 48.5 Å². The molecule has 0 heterocycles. The monoisotopic (exact) mass is 358 g/mol. The van der Waals surface area contributed by atoms with Gasteiger partial charge in [-0.05, 0) is 37.3 Å². The van der Waals surface area contributed by atoms with E-state index in [9.17, 15) is 14.0 Å². The Labute approximate surface area is 152 Å². The number of benzene rings is 2. The SMILES string of the molecule is CC(=O)Nc1cc(NC(=O)NC[C@H](C)N(C)c2ccccc2)ccc1F. The molecule has 0 aliphatic heterocycles. The number of rotatable bonds is 6. The number of carbonyl (C=O) groups excluding carboxylic acids is 2.